The van der Waals surface area contributed by atoms with Crippen LogP contribution in [0.15, 0.2) is 314 Å². The Balaban J connectivity index is 0.000000189. The van der Waals surface area contributed by atoms with E-state index in [4.69, 9.17) is 43.9 Å². The predicted molar refractivity (Wildman–Crippen MR) is 363 cm³/mol. The van der Waals surface area contributed by atoms with E-state index in [1.54, 1.807) is 0 Å². The lowest BCUT2D eigenvalue weighted by Crippen LogP contribution is -1.91. The summed E-state index contributed by atoms with van der Waals surface area (Å²) >= 11 is 0. The number of hydrogen-bond acceptors (Lipinski definition) is 0. The Morgan fingerprint density at radius 1 is 0.155 bits per heavy atom. The van der Waals surface area contributed by atoms with E-state index in [2.05, 4.69) is 0 Å². The molecule has 0 unspecified atom stereocenters. The second-order valence-electron chi connectivity index (χ2n) is 18.5. The van der Waals surface area contributed by atoms with Crippen LogP contribution in [-0.2, 0) is 0 Å². The molecule has 0 heteroatoms. The summed E-state index contributed by atoms with van der Waals surface area (Å²) in [6, 6.07) is -46.4. The zero-order valence-electron chi connectivity index (χ0n) is 94.0. The van der Waals surface area contributed by atoms with E-state index in [0.717, 1.165) is 0 Å². The largest absolute Gasteiger partial charge is 0.0636 e. The van der Waals surface area contributed by atoms with Gasteiger partial charge in [0.05, 0.1) is 71.3 Å². The molecule has 18 rings (SSSR count). The molecule has 18 aromatic rings. The van der Waals surface area contributed by atoms with E-state index in [-0.39, 0.29) is 21.5 Å². The van der Waals surface area contributed by atoms with Gasteiger partial charge >= 0.3 is 0 Å². The number of fused-ring (bicyclic) bond motifs is 4. The summed E-state index contributed by atoms with van der Waals surface area (Å²) in [5, 5.41) is -10.4. The molecule has 0 aromatic heterocycles. The minimum atomic E-state index is -1.07. The number of rotatable bonds is 6. The van der Waals surface area contributed by atoms with Gasteiger partial charge in [-0.15, -0.1) is 0 Å². The zero-order valence-corrected chi connectivity index (χ0v) is 42.0. The summed E-state index contributed by atoms with van der Waals surface area (Å²) < 4.78 is 466. The van der Waals surface area contributed by atoms with E-state index < -0.39 is 467 Å². The first-order valence-electron chi connectivity index (χ1n) is 51.0. The highest BCUT2D eigenvalue weighted by Gasteiger charge is 2.20. The van der Waals surface area contributed by atoms with Crippen LogP contribution in [0.4, 0.5) is 0 Å². The van der Waals surface area contributed by atoms with Crippen molar-refractivity contribution in [1.29, 1.82) is 0 Å². The molecule has 0 aliphatic rings. The molecule has 0 bridgehead atoms. The molecule has 0 saturated carbocycles. The fraction of sp³-hybridized carbons (Fsp3) is 0. The lowest BCUT2D eigenvalue weighted by molar-refractivity contribution is 1.59. The molecule has 18 aromatic carbocycles. The predicted octanol–water partition coefficient (Wildman–Crippen LogP) is 23.8. The van der Waals surface area contributed by atoms with Gasteiger partial charge in [-0.25, -0.2) is 0 Å². The summed E-state index contributed by atoms with van der Waals surface area (Å²) in [4.78, 5) is 0. The average Bonchev–Trinajstić information content (AvgIpc) is 0.686. The molecule has 0 amide bonds. The Labute approximate surface area is 560 Å². The SMILES string of the molecule is [2H]c1c([2H])c(-c2c3c([2H])c([2H])c([2H])c([2H])c3c(-c3c([2H])c([2H])c([2H])c4c([2H])c([2H])c([2H])c([2H])c34)c3c([2H])c([2H])c([2H])c([2H])c23)c([2H])c([2H])c1-c1c([2H])c([2H])c2c([2H])c([2H])c([2H])c([2H])c2c1[2H].[2H]c1c([2H])c([2H])c(-c2c([2H])c(-c3c([2H])c([2H])c4c([2H])c([2H])c5c([2H])c([2H])c([2H])c6c([2H])c([2H])c3c4c56)c([2H])c(-c3c([2H])c([2H])c4c([2H])c([2H])c5c([2H])c([2H])c([2H])c6c([2H])c([2H])c3c4c56)c2[2H])c([2H])c1[2H]. The molecular weight excluding hydrogens is 1010 g/mol. The molecule has 0 N–H and O–H groups in total. The Bertz CT molecular complexity index is 8410. The van der Waals surface area contributed by atoms with E-state index in [1.807, 2.05) is 0 Å². The quantitative estimate of drug-likeness (QED) is 0.115. The molecule has 0 heterocycles. The van der Waals surface area contributed by atoms with Crippen molar-refractivity contribution in [2.24, 2.45) is 0 Å². The van der Waals surface area contributed by atoms with Crippen molar-refractivity contribution in [1.82, 2.24) is 0 Å². The highest BCUT2D eigenvalue weighted by molar-refractivity contribution is 6.28. The van der Waals surface area contributed by atoms with Crippen LogP contribution in [0.25, 0.3) is 174 Å². The molecule has 0 aliphatic heterocycles. The van der Waals surface area contributed by atoms with Crippen molar-refractivity contribution < 1.29 is 71.3 Å². The lowest BCUT2D eigenvalue weighted by Gasteiger charge is -2.19. The van der Waals surface area contributed by atoms with Crippen molar-refractivity contribution in [2.75, 3.05) is 0 Å². The van der Waals surface area contributed by atoms with E-state index >= 15 is 0 Å². The minimum Gasteiger partial charge on any atom is -0.0622 e. The van der Waals surface area contributed by atoms with E-state index in [0.29, 0.717) is 0 Å². The molecule has 84 heavy (non-hydrogen) atoms. The molecule has 0 spiro atoms. The van der Waals surface area contributed by atoms with Gasteiger partial charge in [0.2, 0.25) is 0 Å². The summed E-state index contributed by atoms with van der Waals surface area (Å²) in [6.07, 6.45) is 0. The maximum atomic E-state index is 10.0. The number of benzene rings is 18. The summed E-state index contributed by atoms with van der Waals surface area (Å²) in [6.45, 7) is 0. The maximum Gasteiger partial charge on any atom is 0.0636 e. The van der Waals surface area contributed by atoms with Crippen LogP contribution in [0.3, 0.4) is 0 Å². The standard InChI is InChI=1S/C44H26.C40H26/c1-2-6-27(7-3-1)34-24-35(37-20-16-32-14-12-28-8-4-10-30-18-22-39(37)43(32)41(28)30)26-36(25-34)38-21-17-33-15-13-29-9-5-11-31-19-23-40(38)44(33)42(29)31;1-2-12-31-26-32(25-22-27(31)10-1)28-20-23-30(24-21-28)39-35-15-5-7-17-37(35)40(38-18-8-6-16-36(38)39)34-19-9-13-29-11-3-4-14-33(29)34/h1-26H;1-26H/i2*1D,2D,3D,4D,5D,6D,7D,8D,9D,10D,11D,12D,13D,14D,15D,16D,17D,18D,19D,20D,21D,22D,23D,24D,25D,26D. The van der Waals surface area contributed by atoms with Gasteiger partial charge in [0.25, 0.3) is 0 Å². The van der Waals surface area contributed by atoms with Gasteiger partial charge in [-0.3, -0.25) is 0 Å². The lowest BCUT2D eigenvalue weighted by atomic mass is 9.84. The maximum absolute atomic E-state index is 10.0. The molecule has 0 aliphatic carbocycles. The molecular formula is C84H52. The summed E-state index contributed by atoms with van der Waals surface area (Å²) in [5.41, 5.74) is -9.46. The van der Waals surface area contributed by atoms with Gasteiger partial charge in [-0.1, -0.05) is 290 Å². The van der Waals surface area contributed by atoms with Gasteiger partial charge in [0.15, 0.2) is 0 Å². The van der Waals surface area contributed by atoms with Crippen LogP contribution in [0, 0.1) is 0 Å². The van der Waals surface area contributed by atoms with Crippen molar-refractivity contribution in [2.45, 2.75) is 0 Å². The topological polar surface area (TPSA) is 0 Å². The minimum absolute atomic E-state index is 0.312. The molecule has 388 valence electrons. The molecule has 0 nitrogen and oxygen atoms in total. The van der Waals surface area contributed by atoms with Gasteiger partial charge in [0, 0.05) is 0 Å². The molecule has 0 saturated heterocycles. The van der Waals surface area contributed by atoms with Crippen LogP contribution in [0.2, 0.25) is 0 Å². The van der Waals surface area contributed by atoms with E-state index in [9.17, 15) is 27.4 Å². The normalized spacial score (nSPS) is 20.5. The third kappa shape index (κ3) is 7.76. The number of hydrogen-bond donors (Lipinski definition) is 0. The first-order chi connectivity index (χ1) is 63.4. The first kappa shape index (κ1) is 19.1. The van der Waals surface area contributed by atoms with Crippen molar-refractivity contribution in [3.8, 4) is 66.8 Å². The Hall–Kier alpha value is -10.9. The van der Waals surface area contributed by atoms with Gasteiger partial charge < -0.3 is 0 Å². The molecule has 0 atom stereocenters. The Kier molecular flexibility index (Phi) is 4.40. The van der Waals surface area contributed by atoms with Crippen LogP contribution >= 0.6 is 0 Å². The summed E-state index contributed by atoms with van der Waals surface area (Å²) in [5.74, 6) is 0. The average molecular weight is 1110 g/mol. The van der Waals surface area contributed by atoms with E-state index in [1.165, 1.54) is 0 Å². The third-order valence-electron chi connectivity index (χ3n) is 13.9. The fourth-order valence-corrected chi connectivity index (χ4v) is 10.3. The monoisotopic (exact) mass is 1110 g/mol. The fourth-order valence-electron chi connectivity index (χ4n) is 10.3. The van der Waals surface area contributed by atoms with Crippen molar-refractivity contribution in [3.63, 3.8) is 0 Å². The second-order valence-corrected chi connectivity index (χ2v) is 18.5. The summed E-state index contributed by atoms with van der Waals surface area (Å²) in [7, 11) is 0. The van der Waals surface area contributed by atoms with Gasteiger partial charge in [-0.05, 0) is 199 Å². The third-order valence-corrected chi connectivity index (χ3v) is 13.9. The van der Waals surface area contributed by atoms with Crippen molar-refractivity contribution >= 4 is 108 Å². The smallest absolute Gasteiger partial charge is 0.0622 e. The zero-order chi connectivity index (χ0) is 100. The first-order valence-corrected chi connectivity index (χ1v) is 25.0. The van der Waals surface area contributed by atoms with Gasteiger partial charge in [0.1, 0.15) is 0 Å². The van der Waals surface area contributed by atoms with Gasteiger partial charge in [-0.2, -0.15) is 0 Å². The molecule has 0 fully saturated rings. The van der Waals surface area contributed by atoms with Crippen LogP contribution in [0.5, 0.6) is 0 Å². The van der Waals surface area contributed by atoms with Crippen molar-refractivity contribution in [3.05, 3.63) is 314 Å². The highest BCUT2D eigenvalue weighted by atomic mass is 14.2. The van der Waals surface area contributed by atoms with Crippen LogP contribution in [0.1, 0.15) is 71.3 Å². The highest BCUT2D eigenvalue weighted by Crippen LogP contribution is 2.47. The van der Waals surface area contributed by atoms with Crippen LogP contribution < -0.4 is 0 Å². The Morgan fingerprint density at radius 2 is 0.524 bits per heavy atom. The van der Waals surface area contributed by atoms with Crippen LogP contribution in [-0.4, -0.2) is 0 Å². The second kappa shape index (κ2) is 19.4. The molecule has 0 radical (unpaired) electrons. The Morgan fingerprint density at radius 3 is 1.10 bits per heavy atom.